The van der Waals surface area contributed by atoms with Gasteiger partial charge in [-0.25, -0.2) is 4.68 Å². The molecule has 5 rings (SSSR count). The third-order valence-electron chi connectivity index (χ3n) is 6.00. The lowest BCUT2D eigenvalue weighted by Gasteiger charge is -2.30. The minimum Gasteiger partial charge on any atom is -0.257 e. The molecule has 0 radical (unpaired) electrons. The van der Waals surface area contributed by atoms with Crippen molar-refractivity contribution in [2.45, 2.75) is 37.8 Å². The van der Waals surface area contributed by atoms with Crippen molar-refractivity contribution in [3.8, 4) is 11.3 Å². The van der Waals surface area contributed by atoms with Gasteiger partial charge in [-0.1, -0.05) is 65.9 Å². The summed E-state index contributed by atoms with van der Waals surface area (Å²) in [7, 11) is 0. The van der Waals surface area contributed by atoms with Gasteiger partial charge in [0.2, 0.25) is 0 Å². The fraction of sp³-hybridized carbons (Fsp3) is 0.364. The fourth-order valence-corrected chi connectivity index (χ4v) is 4.61. The minimum absolute atomic E-state index is 0.479. The number of hydrogen-bond acceptors (Lipinski definition) is 4. The summed E-state index contributed by atoms with van der Waals surface area (Å²) in [6, 6.07) is 21.7. The summed E-state index contributed by atoms with van der Waals surface area (Å²) in [4.78, 5) is 0. The zero-order valence-electron chi connectivity index (χ0n) is 15.4. The van der Waals surface area contributed by atoms with Gasteiger partial charge in [-0.2, -0.15) is 0 Å². The summed E-state index contributed by atoms with van der Waals surface area (Å²) >= 11 is 0. The van der Waals surface area contributed by atoms with Gasteiger partial charge >= 0.3 is 0 Å². The molecule has 5 heteroatoms. The van der Waals surface area contributed by atoms with Crippen molar-refractivity contribution < 1.29 is 0 Å². The molecule has 1 saturated carbocycles. The Morgan fingerprint density at radius 1 is 0.963 bits per heavy atom. The molecule has 3 aromatic rings. The van der Waals surface area contributed by atoms with Crippen LogP contribution in [-0.4, -0.2) is 27.6 Å². The molecule has 27 heavy (non-hydrogen) atoms. The van der Waals surface area contributed by atoms with E-state index < -0.39 is 0 Å². The molecule has 2 aliphatic rings. The zero-order valence-corrected chi connectivity index (χ0v) is 15.4. The van der Waals surface area contributed by atoms with E-state index in [-0.39, 0.29) is 0 Å². The van der Waals surface area contributed by atoms with Crippen molar-refractivity contribution in [2.75, 3.05) is 6.54 Å². The van der Waals surface area contributed by atoms with Crippen LogP contribution < -0.4 is 10.9 Å². The maximum absolute atomic E-state index is 4.70. The highest BCUT2D eigenvalue weighted by Crippen LogP contribution is 2.40. The van der Waals surface area contributed by atoms with E-state index in [0.29, 0.717) is 17.9 Å². The average molecular weight is 359 g/mol. The molecule has 1 saturated heterocycles. The highest BCUT2D eigenvalue weighted by Gasteiger charge is 2.36. The van der Waals surface area contributed by atoms with E-state index in [1.807, 2.05) is 0 Å². The van der Waals surface area contributed by atoms with Gasteiger partial charge < -0.3 is 0 Å². The summed E-state index contributed by atoms with van der Waals surface area (Å²) in [5.41, 5.74) is 11.6. The van der Waals surface area contributed by atoms with Crippen molar-refractivity contribution in [1.29, 1.82) is 0 Å². The lowest BCUT2D eigenvalue weighted by atomic mass is 9.77. The Hall–Kier alpha value is -2.50. The highest BCUT2D eigenvalue weighted by molar-refractivity contribution is 5.62. The van der Waals surface area contributed by atoms with E-state index in [1.165, 1.54) is 41.8 Å². The topological polar surface area (TPSA) is 54.8 Å². The predicted molar refractivity (Wildman–Crippen MR) is 106 cm³/mol. The summed E-state index contributed by atoms with van der Waals surface area (Å²) in [5, 5.41) is 9.28. The van der Waals surface area contributed by atoms with Gasteiger partial charge in [-0.05, 0) is 30.7 Å². The van der Waals surface area contributed by atoms with Gasteiger partial charge in [0, 0.05) is 24.1 Å². The second-order valence-corrected chi connectivity index (χ2v) is 7.73. The van der Waals surface area contributed by atoms with Crippen LogP contribution in [0, 0.1) is 5.92 Å². The first-order valence-corrected chi connectivity index (χ1v) is 9.89. The largest absolute Gasteiger partial charge is 0.257 e. The summed E-state index contributed by atoms with van der Waals surface area (Å²) in [5.74, 6) is 1.17. The van der Waals surface area contributed by atoms with Crippen LogP contribution in [0.4, 0.5) is 0 Å². The number of rotatable bonds is 4. The number of hydrazine groups is 1. The van der Waals surface area contributed by atoms with Crippen LogP contribution in [0.2, 0.25) is 0 Å². The first kappa shape index (κ1) is 16.7. The van der Waals surface area contributed by atoms with E-state index >= 15 is 0 Å². The summed E-state index contributed by atoms with van der Waals surface area (Å²) in [6.45, 7) is 1.81. The monoisotopic (exact) mass is 359 g/mol. The predicted octanol–water partition coefficient (Wildman–Crippen LogP) is 3.35. The van der Waals surface area contributed by atoms with Crippen molar-refractivity contribution >= 4 is 0 Å². The Kier molecular flexibility index (Phi) is 4.47. The summed E-state index contributed by atoms with van der Waals surface area (Å²) in [6.07, 6.45) is 3.54. The van der Waals surface area contributed by atoms with E-state index in [1.54, 1.807) is 0 Å². The van der Waals surface area contributed by atoms with E-state index in [9.17, 15) is 0 Å². The Bertz CT molecular complexity index is 890. The van der Waals surface area contributed by atoms with Crippen LogP contribution in [-0.2, 0) is 6.54 Å². The molecule has 2 fully saturated rings. The number of hydrogen-bond donors (Lipinski definition) is 2. The molecule has 2 aromatic carbocycles. The second-order valence-electron chi connectivity index (χ2n) is 7.73. The number of fused-ring (bicyclic) bond motifs is 1. The molecule has 1 aromatic heterocycles. The van der Waals surface area contributed by atoms with Crippen LogP contribution in [0.15, 0.2) is 60.7 Å². The lowest BCUT2D eigenvalue weighted by molar-refractivity contribution is 0.300. The maximum Gasteiger partial charge on any atom is 0.0938 e. The molecule has 1 aliphatic heterocycles. The highest BCUT2D eigenvalue weighted by atomic mass is 15.4. The number of aromatic nitrogens is 3. The molecular formula is C22H25N5. The Balaban J connectivity index is 1.51. The zero-order chi connectivity index (χ0) is 18.1. The van der Waals surface area contributed by atoms with Crippen LogP contribution in [0.5, 0.6) is 0 Å². The van der Waals surface area contributed by atoms with Crippen LogP contribution in [0.25, 0.3) is 11.3 Å². The van der Waals surface area contributed by atoms with Crippen molar-refractivity contribution in [2.24, 2.45) is 5.92 Å². The van der Waals surface area contributed by atoms with Crippen molar-refractivity contribution in [3.05, 3.63) is 71.9 Å². The molecule has 3 unspecified atom stereocenters. The fourth-order valence-electron chi connectivity index (χ4n) is 4.61. The third-order valence-corrected chi connectivity index (χ3v) is 6.00. The Labute approximate surface area is 159 Å². The molecule has 5 nitrogen and oxygen atoms in total. The first-order chi connectivity index (χ1) is 13.4. The SMILES string of the molecule is c1ccc(Cn2nnc(C3CCC4NNCC4C3)c2-c2ccccc2)cc1. The average Bonchev–Trinajstić information content (AvgIpc) is 3.35. The van der Waals surface area contributed by atoms with Gasteiger partial charge in [0.1, 0.15) is 0 Å². The molecule has 2 N–H and O–H groups in total. The van der Waals surface area contributed by atoms with E-state index in [4.69, 9.17) is 5.10 Å². The molecule has 0 bridgehead atoms. The molecular weight excluding hydrogens is 334 g/mol. The quantitative estimate of drug-likeness (QED) is 0.750. The molecule has 0 spiro atoms. The first-order valence-electron chi connectivity index (χ1n) is 9.89. The van der Waals surface area contributed by atoms with Gasteiger partial charge in [0.05, 0.1) is 17.9 Å². The Morgan fingerprint density at radius 3 is 2.56 bits per heavy atom. The van der Waals surface area contributed by atoms with Gasteiger partial charge in [-0.15, -0.1) is 5.10 Å². The molecule has 1 aliphatic carbocycles. The third kappa shape index (κ3) is 3.29. The Morgan fingerprint density at radius 2 is 1.74 bits per heavy atom. The van der Waals surface area contributed by atoms with Gasteiger partial charge in [0.25, 0.3) is 0 Å². The molecule has 138 valence electrons. The maximum atomic E-state index is 4.70. The molecule has 2 heterocycles. The summed E-state index contributed by atoms with van der Waals surface area (Å²) < 4.78 is 2.08. The van der Waals surface area contributed by atoms with Gasteiger partial charge in [0.15, 0.2) is 0 Å². The standard InChI is InChI=1S/C22H25N5/c1-3-7-16(8-4-1)15-27-22(17-9-5-2-6-10-17)21(25-26-27)18-11-12-20-19(13-18)14-23-24-20/h1-10,18-20,23-24H,11-15H2. The van der Waals surface area contributed by atoms with E-state index in [2.05, 4.69) is 81.4 Å². The van der Waals surface area contributed by atoms with Gasteiger partial charge in [-0.3, -0.25) is 10.9 Å². The molecule has 0 amide bonds. The van der Waals surface area contributed by atoms with Crippen LogP contribution >= 0.6 is 0 Å². The molecule has 3 atom stereocenters. The number of nitrogens with one attached hydrogen (secondary N) is 2. The smallest absolute Gasteiger partial charge is 0.0938 e. The normalized spacial score (nSPS) is 24.7. The number of benzene rings is 2. The van der Waals surface area contributed by atoms with Crippen LogP contribution in [0.3, 0.4) is 0 Å². The number of nitrogens with zero attached hydrogens (tertiary/aromatic N) is 3. The van der Waals surface area contributed by atoms with Crippen molar-refractivity contribution in [1.82, 2.24) is 25.8 Å². The van der Waals surface area contributed by atoms with Crippen molar-refractivity contribution in [3.63, 3.8) is 0 Å². The van der Waals surface area contributed by atoms with E-state index in [0.717, 1.165) is 13.1 Å². The minimum atomic E-state index is 0.479. The second kappa shape index (κ2) is 7.25. The lowest BCUT2D eigenvalue weighted by Crippen LogP contribution is -2.34. The van der Waals surface area contributed by atoms with Crippen LogP contribution in [0.1, 0.15) is 36.4 Å².